The standard InChI is InChI=1S/C12H11F3O5S2/c13-12(14,15)20-10-4-1-3-9(7-10)11-8-21(16,17)5-2-6-22(11,18)19/h1-5,7,11H,6,8H2. The summed E-state index contributed by atoms with van der Waals surface area (Å²) in [6.07, 6.45) is -3.91. The molecule has 5 nitrogen and oxygen atoms in total. The molecule has 0 fully saturated rings. The highest BCUT2D eigenvalue weighted by atomic mass is 32.2. The quantitative estimate of drug-likeness (QED) is 0.810. The maximum atomic E-state index is 12.2. The first-order valence-electron chi connectivity index (χ1n) is 5.95. The van der Waals surface area contributed by atoms with Crippen LogP contribution in [-0.2, 0) is 19.7 Å². The smallest absolute Gasteiger partial charge is 0.406 e. The van der Waals surface area contributed by atoms with Crippen LogP contribution in [0.4, 0.5) is 13.2 Å². The molecular weight excluding hydrogens is 345 g/mol. The first kappa shape index (κ1) is 16.8. The van der Waals surface area contributed by atoms with Crippen LogP contribution in [0.2, 0.25) is 0 Å². The molecule has 122 valence electrons. The Morgan fingerprint density at radius 1 is 1.14 bits per heavy atom. The second-order valence-electron chi connectivity index (χ2n) is 4.64. The Bertz CT molecular complexity index is 794. The van der Waals surface area contributed by atoms with Gasteiger partial charge in [-0.25, -0.2) is 16.8 Å². The van der Waals surface area contributed by atoms with Crippen LogP contribution in [0.15, 0.2) is 35.7 Å². The zero-order chi connectivity index (χ0) is 16.6. The third-order valence-corrected chi connectivity index (χ3v) is 6.49. The number of sulfone groups is 2. The van der Waals surface area contributed by atoms with Gasteiger partial charge >= 0.3 is 6.36 Å². The minimum Gasteiger partial charge on any atom is -0.406 e. The van der Waals surface area contributed by atoms with E-state index in [2.05, 4.69) is 4.74 Å². The molecule has 0 amide bonds. The van der Waals surface area contributed by atoms with Crippen molar-refractivity contribution in [3.05, 3.63) is 41.3 Å². The normalized spacial score (nSPS) is 23.7. The molecule has 10 heteroatoms. The number of halogens is 3. The molecule has 1 heterocycles. The van der Waals surface area contributed by atoms with E-state index < -0.39 is 48.5 Å². The Labute approximate surface area is 125 Å². The van der Waals surface area contributed by atoms with E-state index in [9.17, 15) is 30.0 Å². The Hall–Kier alpha value is -1.55. The van der Waals surface area contributed by atoms with Crippen LogP contribution >= 0.6 is 0 Å². The molecule has 0 bridgehead atoms. The van der Waals surface area contributed by atoms with Crippen LogP contribution in [0.25, 0.3) is 0 Å². The minimum atomic E-state index is -4.92. The van der Waals surface area contributed by atoms with Crippen LogP contribution in [0.5, 0.6) is 5.75 Å². The molecule has 22 heavy (non-hydrogen) atoms. The molecule has 1 aliphatic heterocycles. The Morgan fingerprint density at radius 3 is 2.45 bits per heavy atom. The summed E-state index contributed by atoms with van der Waals surface area (Å²) in [5.41, 5.74) is -0.0611. The maximum Gasteiger partial charge on any atom is 0.573 e. The molecule has 0 N–H and O–H groups in total. The summed E-state index contributed by atoms with van der Waals surface area (Å²) < 4.78 is 88.0. The molecule has 0 spiro atoms. The predicted octanol–water partition coefficient (Wildman–Crippen LogP) is 1.98. The molecule has 1 aromatic rings. The minimum absolute atomic E-state index is 0.0611. The molecule has 0 saturated carbocycles. The van der Waals surface area contributed by atoms with Gasteiger partial charge in [0.15, 0.2) is 19.7 Å². The fourth-order valence-corrected chi connectivity index (χ4v) is 5.82. The third-order valence-electron chi connectivity index (χ3n) is 2.91. The molecule has 1 unspecified atom stereocenters. The van der Waals surface area contributed by atoms with Crippen LogP contribution < -0.4 is 4.74 Å². The summed E-state index contributed by atoms with van der Waals surface area (Å²) in [6, 6.07) is 4.33. The van der Waals surface area contributed by atoms with Gasteiger partial charge in [0.05, 0.1) is 11.5 Å². The van der Waals surface area contributed by atoms with E-state index in [1.807, 2.05) is 0 Å². The van der Waals surface area contributed by atoms with Crippen molar-refractivity contribution in [1.29, 1.82) is 0 Å². The average Bonchev–Trinajstić information content (AvgIpc) is 2.43. The summed E-state index contributed by atoms with van der Waals surface area (Å²) in [4.78, 5) is 0. The number of rotatable bonds is 2. The van der Waals surface area contributed by atoms with E-state index in [4.69, 9.17) is 0 Å². The van der Waals surface area contributed by atoms with Gasteiger partial charge in [0, 0.05) is 5.41 Å². The Kier molecular flexibility index (Phi) is 4.26. The van der Waals surface area contributed by atoms with Crippen molar-refractivity contribution in [2.45, 2.75) is 11.6 Å². The predicted molar refractivity (Wildman–Crippen MR) is 72.6 cm³/mol. The lowest BCUT2D eigenvalue weighted by molar-refractivity contribution is -0.274. The van der Waals surface area contributed by atoms with E-state index in [0.29, 0.717) is 0 Å². The average molecular weight is 356 g/mol. The molecule has 2 rings (SSSR count). The van der Waals surface area contributed by atoms with Gasteiger partial charge in [-0.3, -0.25) is 0 Å². The van der Waals surface area contributed by atoms with E-state index >= 15 is 0 Å². The Balaban J connectivity index is 2.43. The second kappa shape index (κ2) is 5.58. The van der Waals surface area contributed by atoms with Crippen LogP contribution in [0, 0.1) is 0 Å². The molecule has 1 aromatic carbocycles. The fourth-order valence-electron chi connectivity index (χ4n) is 2.02. The summed E-state index contributed by atoms with van der Waals surface area (Å²) >= 11 is 0. The number of benzene rings is 1. The topological polar surface area (TPSA) is 77.5 Å². The Morgan fingerprint density at radius 2 is 1.82 bits per heavy atom. The highest BCUT2D eigenvalue weighted by Gasteiger charge is 2.34. The van der Waals surface area contributed by atoms with Gasteiger partial charge in [-0.2, -0.15) is 0 Å². The molecule has 1 atom stereocenters. The van der Waals surface area contributed by atoms with Crippen LogP contribution in [0.3, 0.4) is 0 Å². The van der Waals surface area contributed by atoms with Gasteiger partial charge < -0.3 is 4.74 Å². The van der Waals surface area contributed by atoms with E-state index in [1.54, 1.807) is 0 Å². The number of hydrogen-bond acceptors (Lipinski definition) is 5. The molecular formula is C12H11F3O5S2. The van der Waals surface area contributed by atoms with E-state index in [-0.39, 0.29) is 5.56 Å². The SMILES string of the molecule is O=S1(=O)C=CCS(=O)(=O)C(c2cccc(OC(F)(F)F)c2)C1. The lowest BCUT2D eigenvalue weighted by Gasteiger charge is -2.16. The first-order valence-corrected chi connectivity index (χ1v) is 9.38. The van der Waals surface area contributed by atoms with Gasteiger partial charge in [-0.05, 0) is 17.7 Å². The van der Waals surface area contributed by atoms with E-state index in [0.717, 1.165) is 23.6 Å². The van der Waals surface area contributed by atoms with Crippen molar-refractivity contribution >= 4 is 19.7 Å². The van der Waals surface area contributed by atoms with Gasteiger partial charge in [-0.15, -0.1) is 13.2 Å². The van der Waals surface area contributed by atoms with Gasteiger partial charge in [-0.1, -0.05) is 18.2 Å². The highest BCUT2D eigenvalue weighted by Crippen LogP contribution is 2.31. The van der Waals surface area contributed by atoms with Crippen molar-refractivity contribution in [2.24, 2.45) is 0 Å². The fraction of sp³-hybridized carbons (Fsp3) is 0.333. The third kappa shape index (κ3) is 4.23. The second-order valence-corrected chi connectivity index (χ2v) is 8.80. The number of ether oxygens (including phenoxy) is 1. The van der Waals surface area contributed by atoms with Crippen LogP contribution in [0.1, 0.15) is 10.8 Å². The zero-order valence-electron chi connectivity index (χ0n) is 10.9. The molecule has 0 aromatic heterocycles. The summed E-state index contributed by atoms with van der Waals surface area (Å²) in [5.74, 6) is -1.82. The van der Waals surface area contributed by atoms with Gasteiger partial charge in [0.25, 0.3) is 0 Å². The highest BCUT2D eigenvalue weighted by molar-refractivity contribution is 7.97. The lowest BCUT2D eigenvalue weighted by atomic mass is 10.1. The van der Waals surface area contributed by atoms with Crippen LogP contribution in [-0.4, -0.2) is 34.7 Å². The van der Waals surface area contributed by atoms with Crippen molar-refractivity contribution in [3.8, 4) is 5.75 Å². The van der Waals surface area contributed by atoms with Gasteiger partial charge in [0.1, 0.15) is 11.0 Å². The van der Waals surface area contributed by atoms with Crippen molar-refractivity contribution in [2.75, 3.05) is 11.5 Å². The summed E-state index contributed by atoms with van der Waals surface area (Å²) in [6.45, 7) is 0. The van der Waals surface area contributed by atoms with Crippen molar-refractivity contribution in [1.82, 2.24) is 0 Å². The first-order chi connectivity index (χ1) is 9.99. The zero-order valence-corrected chi connectivity index (χ0v) is 12.6. The largest absolute Gasteiger partial charge is 0.573 e. The number of alkyl halides is 3. The lowest BCUT2D eigenvalue weighted by Crippen LogP contribution is -2.21. The van der Waals surface area contributed by atoms with Crippen molar-refractivity contribution < 1.29 is 34.7 Å². The van der Waals surface area contributed by atoms with Gasteiger partial charge in [0.2, 0.25) is 0 Å². The summed E-state index contributed by atoms with van der Waals surface area (Å²) in [7, 11) is -7.61. The molecule has 1 aliphatic rings. The number of hydrogen-bond donors (Lipinski definition) is 0. The van der Waals surface area contributed by atoms with Crippen molar-refractivity contribution in [3.63, 3.8) is 0 Å². The summed E-state index contributed by atoms with van der Waals surface area (Å²) in [5, 5.41) is -0.634. The molecule has 0 saturated heterocycles. The molecule has 0 radical (unpaired) electrons. The monoisotopic (exact) mass is 356 g/mol. The molecule has 0 aliphatic carbocycles. The maximum absolute atomic E-state index is 12.2. The van der Waals surface area contributed by atoms with E-state index in [1.165, 1.54) is 12.1 Å².